The molecule has 0 spiro atoms. The number of methoxy groups -OCH3 is 1. The topological polar surface area (TPSA) is 71.1 Å². The van der Waals surface area contributed by atoms with Crippen LogP contribution in [0.15, 0.2) is 24.3 Å². The van der Waals surface area contributed by atoms with Crippen LogP contribution < -0.4 is 14.8 Å². The molecule has 1 aromatic carbocycles. The van der Waals surface area contributed by atoms with E-state index in [0.29, 0.717) is 37.2 Å². The molecule has 7 heteroatoms. The Bertz CT molecular complexity index is 660. The summed E-state index contributed by atoms with van der Waals surface area (Å²) in [4.78, 5) is 28.5. The van der Waals surface area contributed by atoms with Crippen molar-refractivity contribution in [3.8, 4) is 11.5 Å². The summed E-state index contributed by atoms with van der Waals surface area (Å²) in [7, 11) is 1.59. The number of para-hydroxylation sites is 2. The molecule has 0 aromatic heterocycles. The predicted molar refractivity (Wildman–Crippen MR) is 102 cm³/mol. The molecule has 27 heavy (non-hydrogen) atoms. The van der Waals surface area contributed by atoms with Crippen LogP contribution in [0.4, 0.5) is 4.79 Å². The SMILES string of the molecule is COc1ccccc1OC[C@@H](C)NC(=O)N1CCN(C2CCCC2)C(=O)C1. The Morgan fingerprint density at radius 2 is 1.93 bits per heavy atom. The zero-order valence-electron chi connectivity index (χ0n) is 16.1. The molecule has 2 aliphatic rings. The van der Waals surface area contributed by atoms with Crippen LogP contribution in [0.5, 0.6) is 11.5 Å². The van der Waals surface area contributed by atoms with Crippen molar-refractivity contribution in [1.82, 2.24) is 15.1 Å². The minimum Gasteiger partial charge on any atom is -0.493 e. The maximum Gasteiger partial charge on any atom is 0.318 e. The number of piperazine rings is 1. The van der Waals surface area contributed by atoms with Gasteiger partial charge in [0.25, 0.3) is 0 Å². The van der Waals surface area contributed by atoms with Gasteiger partial charge in [-0.3, -0.25) is 4.79 Å². The molecule has 1 saturated heterocycles. The lowest BCUT2D eigenvalue weighted by Gasteiger charge is -2.38. The molecule has 0 unspecified atom stereocenters. The van der Waals surface area contributed by atoms with Crippen molar-refractivity contribution < 1.29 is 19.1 Å². The first-order valence-corrected chi connectivity index (χ1v) is 9.69. The van der Waals surface area contributed by atoms with E-state index in [1.807, 2.05) is 36.1 Å². The van der Waals surface area contributed by atoms with Gasteiger partial charge in [0, 0.05) is 19.1 Å². The quantitative estimate of drug-likeness (QED) is 0.828. The Hall–Kier alpha value is -2.44. The van der Waals surface area contributed by atoms with Crippen molar-refractivity contribution in [3.05, 3.63) is 24.3 Å². The lowest BCUT2D eigenvalue weighted by molar-refractivity contribution is -0.137. The van der Waals surface area contributed by atoms with Gasteiger partial charge in [-0.25, -0.2) is 4.79 Å². The number of carbonyl (C=O) groups is 2. The third kappa shape index (κ3) is 4.84. The van der Waals surface area contributed by atoms with E-state index in [2.05, 4.69) is 5.32 Å². The van der Waals surface area contributed by atoms with Gasteiger partial charge in [0.15, 0.2) is 11.5 Å². The van der Waals surface area contributed by atoms with Crippen LogP contribution in [0.25, 0.3) is 0 Å². The first-order chi connectivity index (χ1) is 13.1. The monoisotopic (exact) mass is 375 g/mol. The minimum atomic E-state index is -0.217. The number of hydrogen-bond donors (Lipinski definition) is 1. The van der Waals surface area contributed by atoms with E-state index in [9.17, 15) is 9.59 Å². The van der Waals surface area contributed by atoms with Crippen molar-refractivity contribution in [2.75, 3.05) is 33.4 Å². The maximum atomic E-state index is 12.5. The largest absolute Gasteiger partial charge is 0.493 e. The molecule has 1 heterocycles. The molecule has 3 rings (SSSR count). The third-order valence-electron chi connectivity index (χ3n) is 5.24. The number of amides is 3. The predicted octanol–water partition coefficient (Wildman–Crippen LogP) is 2.26. The molecule has 1 aliphatic heterocycles. The van der Waals surface area contributed by atoms with Crippen LogP contribution >= 0.6 is 0 Å². The van der Waals surface area contributed by atoms with Crippen molar-refractivity contribution in [2.45, 2.75) is 44.7 Å². The lowest BCUT2D eigenvalue weighted by atomic mass is 10.2. The standard InChI is InChI=1S/C20H29N3O4/c1-15(14-27-18-10-6-5-9-17(18)26-2)21-20(25)22-11-12-23(19(24)13-22)16-7-3-4-8-16/h5-6,9-10,15-16H,3-4,7-8,11-14H2,1-2H3,(H,21,25)/t15-/m1/s1. The molecule has 1 aromatic rings. The zero-order valence-corrected chi connectivity index (χ0v) is 16.1. The molecule has 2 fully saturated rings. The smallest absolute Gasteiger partial charge is 0.318 e. The second-order valence-electron chi connectivity index (χ2n) is 7.26. The first kappa shape index (κ1) is 19.3. The van der Waals surface area contributed by atoms with Gasteiger partial charge in [-0.15, -0.1) is 0 Å². The highest BCUT2D eigenvalue weighted by molar-refractivity contribution is 5.85. The number of rotatable bonds is 6. The summed E-state index contributed by atoms with van der Waals surface area (Å²) < 4.78 is 11.0. The van der Waals surface area contributed by atoms with Crippen LogP contribution in [-0.4, -0.2) is 67.2 Å². The number of hydrogen-bond acceptors (Lipinski definition) is 4. The third-order valence-corrected chi connectivity index (χ3v) is 5.24. The van der Waals surface area contributed by atoms with E-state index >= 15 is 0 Å². The Balaban J connectivity index is 1.45. The summed E-state index contributed by atoms with van der Waals surface area (Å²) in [6.07, 6.45) is 4.58. The fourth-order valence-corrected chi connectivity index (χ4v) is 3.76. The van der Waals surface area contributed by atoms with E-state index in [1.54, 1.807) is 12.0 Å². The summed E-state index contributed by atoms with van der Waals surface area (Å²) in [5, 5.41) is 2.91. The summed E-state index contributed by atoms with van der Waals surface area (Å²) in [5.41, 5.74) is 0. The molecule has 1 aliphatic carbocycles. The van der Waals surface area contributed by atoms with Crippen LogP contribution in [0, 0.1) is 0 Å². The minimum absolute atomic E-state index is 0.0567. The zero-order chi connectivity index (χ0) is 19.2. The molecule has 0 radical (unpaired) electrons. The molecular formula is C20H29N3O4. The Labute approximate surface area is 160 Å². The van der Waals surface area contributed by atoms with E-state index in [0.717, 1.165) is 12.8 Å². The molecular weight excluding hydrogens is 346 g/mol. The summed E-state index contributed by atoms with van der Waals surface area (Å²) >= 11 is 0. The van der Waals surface area contributed by atoms with Crippen LogP contribution in [-0.2, 0) is 4.79 Å². The molecule has 3 amide bonds. The van der Waals surface area contributed by atoms with Gasteiger partial charge < -0.3 is 24.6 Å². The fourth-order valence-electron chi connectivity index (χ4n) is 3.76. The highest BCUT2D eigenvalue weighted by Crippen LogP contribution is 2.26. The first-order valence-electron chi connectivity index (χ1n) is 9.69. The van der Waals surface area contributed by atoms with Crippen LogP contribution in [0.1, 0.15) is 32.6 Å². The van der Waals surface area contributed by atoms with Gasteiger partial charge in [0.1, 0.15) is 13.2 Å². The molecule has 1 atom stereocenters. The number of carbonyl (C=O) groups excluding carboxylic acids is 2. The summed E-state index contributed by atoms with van der Waals surface area (Å²) in [5.74, 6) is 1.35. The number of urea groups is 1. The number of ether oxygens (including phenoxy) is 2. The van der Waals surface area contributed by atoms with E-state index in [4.69, 9.17) is 9.47 Å². The average molecular weight is 375 g/mol. The highest BCUT2D eigenvalue weighted by atomic mass is 16.5. The Morgan fingerprint density at radius 1 is 1.22 bits per heavy atom. The van der Waals surface area contributed by atoms with Gasteiger partial charge >= 0.3 is 6.03 Å². The number of nitrogens with one attached hydrogen (secondary N) is 1. The molecule has 7 nitrogen and oxygen atoms in total. The average Bonchev–Trinajstić information content (AvgIpc) is 3.20. The Morgan fingerprint density at radius 3 is 2.59 bits per heavy atom. The molecule has 148 valence electrons. The summed E-state index contributed by atoms with van der Waals surface area (Å²) in [6, 6.07) is 7.37. The molecule has 1 saturated carbocycles. The van der Waals surface area contributed by atoms with E-state index < -0.39 is 0 Å². The second kappa shape index (κ2) is 8.97. The number of nitrogens with zero attached hydrogens (tertiary/aromatic N) is 2. The van der Waals surface area contributed by atoms with E-state index in [1.165, 1.54) is 12.8 Å². The Kier molecular flexibility index (Phi) is 6.42. The second-order valence-corrected chi connectivity index (χ2v) is 7.26. The molecule has 0 bridgehead atoms. The van der Waals surface area contributed by atoms with Crippen molar-refractivity contribution in [3.63, 3.8) is 0 Å². The van der Waals surface area contributed by atoms with Gasteiger partial charge in [-0.1, -0.05) is 25.0 Å². The molecule has 1 N–H and O–H groups in total. The number of benzene rings is 1. The highest BCUT2D eigenvalue weighted by Gasteiger charge is 2.33. The van der Waals surface area contributed by atoms with Gasteiger partial charge in [-0.05, 0) is 31.9 Å². The van der Waals surface area contributed by atoms with Crippen molar-refractivity contribution >= 4 is 11.9 Å². The van der Waals surface area contributed by atoms with Crippen molar-refractivity contribution in [1.29, 1.82) is 0 Å². The van der Waals surface area contributed by atoms with Crippen molar-refractivity contribution in [2.24, 2.45) is 0 Å². The lowest BCUT2D eigenvalue weighted by Crippen LogP contribution is -2.57. The summed E-state index contributed by atoms with van der Waals surface area (Å²) in [6.45, 7) is 3.56. The van der Waals surface area contributed by atoms with Gasteiger partial charge in [0.2, 0.25) is 5.91 Å². The normalized spacial score (nSPS) is 19.1. The van der Waals surface area contributed by atoms with Gasteiger partial charge in [-0.2, -0.15) is 0 Å². The van der Waals surface area contributed by atoms with Gasteiger partial charge in [0.05, 0.1) is 13.2 Å². The fraction of sp³-hybridized carbons (Fsp3) is 0.600. The van der Waals surface area contributed by atoms with Crippen LogP contribution in [0.2, 0.25) is 0 Å². The van der Waals surface area contributed by atoms with E-state index in [-0.39, 0.29) is 24.5 Å². The van der Waals surface area contributed by atoms with Crippen LogP contribution in [0.3, 0.4) is 0 Å². The maximum absolute atomic E-state index is 12.5.